The number of benzene rings is 3. The van der Waals surface area contributed by atoms with Gasteiger partial charge in [0.05, 0.1) is 5.56 Å². The van der Waals surface area contributed by atoms with Crippen molar-refractivity contribution in [3.63, 3.8) is 0 Å². The SMILES string of the molecule is C=C(C(C)=C(F)c1cccc(Oc2cccc3ccccc23)c1F)C1=C(C)CCCC1(C)C. The molecule has 1 nitrogen and oxygen atoms in total. The van der Waals surface area contributed by atoms with Gasteiger partial charge >= 0.3 is 0 Å². The van der Waals surface area contributed by atoms with Gasteiger partial charge < -0.3 is 4.74 Å². The van der Waals surface area contributed by atoms with E-state index < -0.39 is 11.6 Å². The van der Waals surface area contributed by atoms with Gasteiger partial charge in [-0.15, -0.1) is 0 Å². The average Bonchev–Trinajstić information content (AvgIpc) is 2.79. The Morgan fingerprint density at radius 1 is 0.970 bits per heavy atom. The Morgan fingerprint density at radius 3 is 2.39 bits per heavy atom. The maximum Gasteiger partial charge on any atom is 0.175 e. The maximum atomic E-state index is 15.6. The van der Waals surface area contributed by atoms with Crippen LogP contribution in [0.15, 0.2) is 89.5 Å². The number of hydrogen-bond donors (Lipinski definition) is 0. The van der Waals surface area contributed by atoms with E-state index in [0.717, 1.165) is 35.6 Å². The number of rotatable bonds is 5. The molecule has 0 fully saturated rings. The largest absolute Gasteiger partial charge is 0.454 e. The Morgan fingerprint density at radius 2 is 1.64 bits per heavy atom. The zero-order chi connectivity index (χ0) is 23.8. The van der Waals surface area contributed by atoms with E-state index in [2.05, 4.69) is 27.4 Å². The van der Waals surface area contributed by atoms with Crippen molar-refractivity contribution in [3.05, 3.63) is 101 Å². The lowest BCUT2D eigenvalue weighted by molar-refractivity contribution is 0.373. The van der Waals surface area contributed by atoms with E-state index in [0.29, 0.717) is 16.9 Å². The Labute approximate surface area is 195 Å². The van der Waals surface area contributed by atoms with Gasteiger partial charge in [-0.05, 0) is 78.8 Å². The Bertz CT molecular complexity index is 1290. The van der Waals surface area contributed by atoms with E-state index in [9.17, 15) is 0 Å². The highest BCUT2D eigenvalue weighted by atomic mass is 19.1. The molecule has 0 aliphatic heterocycles. The molecule has 4 rings (SSSR count). The molecule has 0 radical (unpaired) electrons. The third kappa shape index (κ3) is 4.37. The van der Waals surface area contributed by atoms with Gasteiger partial charge in [0, 0.05) is 5.39 Å². The third-order valence-corrected chi connectivity index (χ3v) is 6.71. The van der Waals surface area contributed by atoms with E-state index in [1.807, 2.05) is 36.4 Å². The van der Waals surface area contributed by atoms with Crippen LogP contribution in [0.3, 0.4) is 0 Å². The van der Waals surface area contributed by atoms with Crippen LogP contribution in [-0.2, 0) is 0 Å². The summed E-state index contributed by atoms with van der Waals surface area (Å²) in [4.78, 5) is 0. The van der Waals surface area contributed by atoms with Gasteiger partial charge in [-0.2, -0.15) is 0 Å². The number of ether oxygens (including phenoxy) is 1. The van der Waals surface area contributed by atoms with Crippen LogP contribution in [0, 0.1) is 11.2 Å². The van der Waals surface area contributed by atoms with Gasteiger partial charge in [-0.3, -0.25) is 0 Å². The zero-order valence-electron chi connectivity index (χ0n) is 19.8. The van der Waals surface area contributed by atoms with Crippen LogP contribution in [0.5, 0.6) is 11.5 Å². The van der Waals surface area contributed by atoms with Crippen molar-refractivity contribution in [2.75, 3.05) is 0 Å². The fraction of sp³-hybridized carbons (Fsp3) is 0.267. The van der Waals surface area contributed by atoms with Crippen LogP contribution in [0.25, 0.3) is 16.6 Å². The highest BCUT2D eigenvalue weighted by Gasteiger charge is 2.31. The summed E-state index contributed by atoms with van der Waals surface area (Å²) in [5, 5.41) is 1.86. The van der Waals surface area contributed by atoms with Crippen LogP contribution < -0.4 is 4.74 Å². The standard InChI is InChI=1S/C30H30F2O/c1-19-11-10-18-30(4,5)27(19)20(2)21(3)28(31)24-15-9-17-26(29(24)32)33-25-16-8-13-22-12-6-7-14-23(22)25/h6-9,12-17H,2,10-11,18H2,1,3-5H3. The number of hydrogen-bond acceptors (Lipinski definition) is 1. The number of fused-ring (bicyclic) bond motifs is 1. The first kappa shape index (κ1) is 23.0. The van der Waals surface area contributed by atoms with Crippen LogP contribution in [0.2, 0.25) is 0 Å². The fourth-order valence-electron chi connectivity index (χ4n) is 4.97. The summed E-state index contributed by atoms with van der Waals surface area (Å²) in [6, 6.07) is 17.9. The first-order valence-corrected chi connectivity index (χ1v) is 11.4. The van der Waals surface area contributed by atoms with Gasteiger partial charge in [0.2, 0.25) is 0 Å². The van der Waals surface area contributed by atoms with Crippen LogP contribution in [0.1, 0.15) is 52.5 Å². The summed E-state index contributed by atoms with van der Waals surface area (Å²) in [5.74, 6) is -0.809. The molecule has 0 unspecified atom stereocenters. The quantitative estimate of drug-likeness (QED) is 0.356. The lowest BCUT2D eigenvalue weighted by Gasteiger charge is -2.36. The molecule has 33 heavy (non-hydrogen) atoms. The van der Waals surface area contributed by atoms with Crippen molar-refractivity contribution in [2.45, 2.75) is 47.0 Å². The lowest BCUT2D eigenvalue weighted by Crippen LogP contribution is -2.22. The average molecular weight is 445 g/mol. The van der Waals surface area contributed by atoms with E-state index in [-0.39, 0.29) is 16.7 Å². The number of halogens is 2. The molecule has 0 saturated heterocycles. The minimum Gasteiger partial charge on any atom is -0.454 e. The fourth-order valence-corrected chi connectivity index (χ4v) is 4.97. The van der Waals surface area contributed by atoms with Crippen LogP contribution in [-0.4, -0.2) is 0 Å². The monoisotopic (exact) mass is 444 g/mol. The van der Waals surface area contributed by atoms with Crippen LogP contribution in [0.4, 0.5) is 8.78 Å². The van der Waals surface area contributed by atoms with Gasteiger partial charge in [0.15, 0.2) is 11.6 Å². The second-order valence-electron chi connectivity index (χ2n) is 9.51. The second kappa shape index (κ2) is 8.97. The topological polar surface area (TPSA) is 9.23 Å². The minimum atomic E-state index is -0.719. The smallest absolute Gasteiger partial charge is 0.175 e. The van der Waals surface area contributed by atoms with Gasteiger partial charge in [0.1, 0.15) is 11.6 Å². The molecule has 0 saturated carbocycles. The third-order valence-electron chi connectivity index (χ3n) is 6.71. The molecule has 3 aromatic carbocycles. The van der Waals surface area contributed by atoms with E-state index in [1.165, 1.54) is 17.7 Å². The van der Waals surface area contributed by atoms with Crippen molar-refractivity contribution in [2.24, 2.45) is 5.41 Å². The first-order chi connectivity index (χ1) is 15.7. The van der Waals surface area contributed by atoms with Crippen molar-refractivity contribution in [1.29, 1.82) is 0 Å². The Kier molecular flexibility index (Phi) is 6.25. The molecule has 170 valence electrons. The lowest BCUT2D eigenvalue weighted by atomic mass is 9.69. The molecule has 0 atom stereocenters. The molecule has 0 heterocycles. The molecule has 1 aliphatic carbocycles. The summed E-state index contributed by atoms with van der Waals surface area (Å²) in [6.45, 7) is 12.3. The van der Waals surface area contributed by atoms with Crippen molar-refractivity contribution >= 4 is 16.6 Å². The van der Waals surface area contributed by atoms with E-state index in [4.69, 9.17) is 4.74 Å². The molecule has 1 aliphatic rings. The number of allylic oxidation sites excluding steroid dienone is 4. The summed E-state index contributed by atoms with van der Waals surface area (Å²) < 4.78 is 37.0. The molecule has 0 bridgehead atoms. The Balaban J connectivity index is 1.72. The highest BCUT2D eigenvalue weighted by Crippen LogP contribution is 2.46. The summed E-state index contributed by atoms with van der Waals surface area (Å²) >= 11 is 0. The zero-order valence-corrected chi connectivity index (χ0v) is 19.8. The highest BCUT2D eigenvalue weighted by molar-refractivity contribution is 5.88. The van der Waals surface area contributed by atoms with Crippen LogP contribution >= 0.6 is 0 Å². The summed E-state index contributed by atoms with van der Waals surface area (Å²) in [5.41, 5.74) is 3.13. The predicted molar refractivity (Wildman–Crippen MR) is 134 cm³/mol. The van der Waals surface area contributed by atoms with Gasteiger partial charge in [0.25, 0.3) is 0 Å². The van der Waals surface area contributed by atoms with E-state index >= 15 is 8.78 Å². The van der Waals surface area contributed by atoms with Gasteiger partial charge in [-0.25, -0.2) is 8.78 Å². The second-order valence-corrected chi connectivity index (χ2v) is 9.51. The molecule has 0 amide bonds. The van der Waals surface area contributed by atoms with Crippen molar-refractivity contribution in [3.8, 4) is 11.5 Å². The van der Waals surface area contributed by atoms with E-state index in [1.54, 1.807) is 19.1 Å². The normalized spacial score (nSPS) is 16.5. The molecule has 3 aromatic rings. The minimum absolute atomic E-state index is 0.00851. The van der Waals surface area contributed by atoms with Crippen molar-refractivity contribution in [1.82, 2.24) is 0 Å². The maximum absolute atomic E-state index is 15.6. The molecule has 0 aromatic heterocycles. The van der Waals surface area contributed by atoms with Gasteiger partial charge in [-0.1, -0.05) is 68.5 Å². The molecular formula is C30H30F2O. The summed E-state index contributed by atoms with van der Waals surface area (Å²) in [6.07, 6.45) is 3.12. The van der Waals surface area contributed by atoms with Crippen molar-refractivity contribution < 1.29 is 13.5 Å². The molecule has 0 spiro atoms. The molecular weight excluding hydrogens is 414 g/mol. The predicted octanol–water partition coefficient (Wildman–Crippen LogP) is 9.55. The molecule has 0 N–H and O–H groups in total. The first-order valence-electron chi connectivity index (χ1n) is 11.4. The summed E-state index contributed by atoms with van der Waals surface area (Å²) in [7, 11) is 0. The molecule has 3 heteroatoms. The Hall–Kier alpha value is -3.20.